The molecule has 0 spiro atoms. The summed E-state index contributed by atoms with van der Waals surface area (Å²) in [5.74, 6) is -1.03. The van der Waals surface area contributed by atoms with Crippen LogP contribution < -0.4 is 5.32 Å². The van der Waals surface area contributed by atoms with Crippen LogP contribution in [0.15, 0.2) is 18.2 Å². The molecule has 84 valence electrons. The Hall–Kier alpha value is -1.11. The van der Waals surface area contributed by atoms with Gasteiger partial charge in [0.2, 0.25) is 5.91 Å². The Balaban J connectivity index is 2.39. The first kappa shape index (κ1) is 11.4. The van der Waals surface area contributed by atoms with E-state index in [1.807, 2.05) is 0 Å². The van der Waals surface area contributed by atoms with Crippen LogP contribution in [0.25, 0.3) is 0 Å². The molecule has 0 saturated carbocycles. The summed E-state index contributed by atoms with van der Waals surface area (Å²) < 4.78 is -0.0571. The van der Waals surface area contributed by atoms with Crippen LogP contribution in [0.4, 0.5) is 5.69 Å². The van der Waals surface area contributed by atoms with Crippen molar-refractivity contribution in [2.45, 2.75) is 16.8 Å². The molecule has 2 N–H and O–H groups in total. The topological polar surface area (TPSA) is 66.4 Å². The van der Waals surface area contributed by atoms with Gasteiger partial charge in [-0.1, -0.05) is 28.7 Å². The predicted octanol–water partition coefficient (Wildman–Crippen LogP) is 2.07. The SMILES string of the molecule is O=C(O)c1ccc2c(c1)NC(=O)C(I)CC2. The molecule has 0 fully saturated rings. The number of alkyl halides is 1. The summed E-state index contributed by atoms with van der Waals surface area (Å²) in [6.45, 7) is 0. The third kappa shape index (κ3) is 2.18. The highest BCUT2D eigenvalue weighted by Gasteiger charge is 2.21. The third-order valence-corrected chi connectivity index (χ3v) is 3.75. The summed E-state index contributed by atoms with van der Waals surface area (Å²) >= 11 is 2.10. The molecule has 1 aromatic rings. The quantitative estimate of drug-likeness (QED) is 0.612. The van der Waals surface area contributed by atoms with Crippen LogP contribution in [0, 0.1) is 0 Å². The predicted molar refractivity (Wildman–Crippen MR) is 68.2 cm³/mol. The molecule has 16 heavy (non-hydrogen) atoms. The molecule has 1 unspecified atom stereocenters. The van der Waals surface area contributed by atoms with E-state index < -0.39 is 5.97 Å². The maximum atomic E-state index is 11.6. The molecule has 0 aromatic heterocycles. The number of rotatable bonds is 1. The van der Waals surface area contributed by atoms with Crippen LogP contribution in [-0.2, 0) is 11.2 Å². The van der Waals surface area contributed by atoms with Gasteiger partial charge in [-0.25, -0.2) is 4.79 Å². The van der Waals surface area contributed by atoms with Crippen LogP contribution in [0.3, 0.4) is 0 Å². The van der Waals surface area contributed by atoms with Gasteiger partial charge in [0.05, 0.1) is 9.49 Å². The molecule has 0 aliphatic carbocycles. The van der Waals surface area contributed by atoms with Gasteiger partial charge in [0.25, 0.3) is 0 Å². The van der Waals surface area contributed by atoms with Crippen molar-refractivity contribution >= 4 is 40.2 Å². The Morgan fingerprint density at radius 1 is 1.50 bits per heavy atom. The van der Waals surface area contributed by atoms with Crippen LogP contribution in [-0.4, -0.2) is 20.9 Å². The number of aryl methyl sites for hydroxylation is 1. The average Bonchev–Trinajstić information content (AvgIpc) is 2.38. The smallest absolute Gasteiger partial charge is 0.335 e. The average molecular weight is 331 g/mol. The first-order valence-corrected chi connectivity index (χ1v) is 6.13. The van der Waals surface area contributed by atoms with E-state index in [-0.39, 0.29) is 15.4 Å². The number of nitrogens with one attached hydrogen (secondary N) is 1. The molecule has 1 heterocycles. The van der Waals surface area contributed by atoms with Crippen molar-refractivity contribution in [2.24, 2.45) is 0 Å². The summed E-state index contributed by atoms with van der Waals surface area (Å²) in [5.41, 5.74) is 1.83. The van der Waals surface area contributed by atoms with E-state index in [2.05, 4.69) is 27.9 Å². The molecule has 0 radical (unpaired) electrons. The first-order valence-electron chi connectivity index (χ1n) is 4.89. The van der Waals surface area contributed by atoms with Crippen LogP contribution in [0.1, 0.15) is 22.3 Å². The normalized spacial score (nSPS) is 19.6. The Labute approximate surface area is 106 Å². The molecule has 5 heteroatoms. The second-order valence-electron chi connectivity index (χ2n) is 3.67. The zero-order valence-corrected chi connectivity index (χ0v) is 10.5. The highest BCUT2D eigenvalue weighted by molar-refractivity contribution is 14.1. The van der Waals surface area contributed by atoms with E-state index in [1.54, 1.807) is 12.1 Å². The number of carbonyl (C=O) groups excluding carboxylic acids is 1. The number of fused-ring (bicyclic) bond motifs is 1. The van der Waals surface area contributed by atoms with Crippen molar-refractivity contribution in [3.63, 3.8) is 0 Å². The van der Waals surface area contributed by atoms with Crippen molar-refractivity contribution < 1.29 is 14.7 Å². The van der Waals surface area contributed by atoms with Gasteiger partial charge in [-0.05, 0) is 30.5 Å². The lowest BCUT2D eigenvalue weighted by molar-refractivity contribution is -0.115. The van der Waals surface area contributed by atoms with Crippen molar-refractivity contribution in [3.05, 3.63) is 29.3 Å². The van der Waals surface area contributed by atoms with Gasteiger partial charge in [0.1, 0.15) is 0 Å². The molecule has 4 nitrogen and oxygen atoms in total. The number of carboxylic acids is 1. The minimum Gasteiger partial charge on any atom is -0.478 e. The molecule has 1 aromatic carbocycles. The molecular weight excluding hydrogens is 321 g/mol. The van der Waals surface area contributed by atoms with Crippen molar-refractivity contribution in [2.75, 3.05) is 5.32 Å². The molecule has 1 aliphatic rings. The fraction of sp³-hybridized carbons (Fsp3) is 0.273. The lowest BCUT2D eigenvalue weighted by Gasteiger charge is -2.07. The summed E-state index contributed by atoms with van der Waals surface area (Å²) in [5, 5.41) is 11.6. The second-order valence-corrected chi connectivity index (χ2v) is 5.18. The summed E-state index contributed by atoms with van der Waals surface area (Å²) in [4.78, 5) is 22.4. The summed E-state index contributed by atoms with van der Waals surface area (Å²) in [6, 6.07) is 4.86. The maximum Gasteiger partial charge on any atom is 0.335 e. The largest absolute Gasteiger partial charge is 0.478 e. The van der Waals surface area contributed by atoms with Gasteiger partial charge >= 0.3 is 5.97 Å². The van der Waals surface area contributed by atoms with E-state index in [0.717, 1.165) is 18.4 Å². The lowest BCUT2D eigenvalue weighted by Crippen LogP contribution is -2.20. The fourth-order valence-corrected chi connectivity index (χ4v) is 2.14. The number of aromatic carboxylic acids is 1. The molecule has 1 aliphatic heterocycles. The van der Waals surface area contributed by atoms with Gasteiger partial charge in [-0.2, -0.15) is 0 Å². The zero-order valence-electron chi connectivity index (χ0n) is 8.37. The van der Waals surface area contributed by atoms with E-state index in [0.29, 0.717) is 5.69 Å². The zero-order chi connectivity index (χ0) is 11.7. The standard InChI is InChI=1S/C11H10INO3/c12-8-4-3-6-1-2-7(11(15)16)5-9(6)13-10(8)14/h1-2,5,8H,3-4H2,(H,13,14)(H,15,16). The van der Waals surface area contributed by atoms with E-state index in [4.69, 9.17) is 5.11 Å². The first-order chi connectivity index (χ1) is 7.58. The van der Waals surface area contributed by atoms with E-state index >= 15 is 0 Å². The molecular formula is C11H10INO3. The molecule has 1 atom stereocenters. The Morgan fingerprint density at radius 2 is 2.25 bits per heavy atom. The monoisotopic (exact) mass is 331 g/mol. The number of amides is 1. The minimum absolute atomic E-state index is 0.0538. The summed E-state index contributed by atoms with van der Waals surface area (Å²) in [6.07, 6.45) is 1.58. The van der Waals surface area contributed by atoms with Crippen molar-refractivity contribution in [1.82, 2.24) is 0 Å². The van der Waals surface area contributed by atoms with Gasteiger partial charge in [0.15, 0.2) is 0 Å². The van der Waals surface area contributed by atoms with Gasteiger partial charge in [-0.3, -0.25) is 4.79 Å². The molecule has 1 amide bonds. The number of hydrogen-bond acceptors (Lipinski definition) is 2. The third-order valence-electron chi connectivity index (χ3n) is 2.57. The number of halogens is 1. The van der Waals surface area contributed by atoms with Gasteiger partial charge in [-0.15, -0.1) is 0 Å². The number of benzene rings is 1. The van der Waals surface area contributed by atoms with Gasteiger partial charge in [0, 0.05) is 5.69 Å². The molecule has 0 saturated heterocycles. The maximum absolute atomic E-state index is 11.6. The summed E-state index contributed by atoms with van der Waals surface area (Å²) in [7, 11) is 0. The van der Waals surface area contributed by atoms with Crippen molar-refractivity contribution in [1.29, 1.82) is 0 Å². The number of hydrogen-bond donors (Lipinski definition) is 2. The van der Waals surface area contributed by atoms with Crippen molar-refractivity contribution in [3.8, 4) is 0 Å². The molecule has 2 rings (SSSR count). The van der Waals surface area contributed by atoms with Crippen LogP contribution >= 0.6 is 22.6 Å². The lowest BCUT2D eigenvalue weighted by atomic mass is 10.1. The number of carbonyl (C=O) groups is 2. The highest BCUT2D eigenvalue weighted by Crippen LogP contribution is 2.26. The second kappa shape index (κ2) is 4.40. The van der Waals surface area contributed by atoms with Crippen LogP contribution in [0.5, 0.6) is 0 Å². The van der Waals surface area contributed by atoms with E-state index in [1.165, 1.54) is 6.07 Å². The number of anilines is 1. The molecule has 0 bridgehead atoms. The minimum atomic E-state index is -0.979. The number of carboxylic acid groups (broad SMARTS) is 1. The fourth-order valence-electron chi connectivity index (χ4n) is 1.67. The Kier molecular flexibility index (Phi) is 3.13. The van der Waals surface area contributed by atoms with E-state index in [9.17, 15) is 9.59 Å². The Bertz CT molecular complexity index is 459. The van der Waals surface area contributed by atoms with Gasteiger partial charge < -0.3 is 10.4 Å². The van der Waals surface area contributed by atoms with Crippen LogP contribution in [0.2, 0.25) is 0 Å². The Morgan fingerprint density at radius 3 is 2.94 bits per heavy atom. The highest BCUT2D eigenvalue weighted by atomic mass is 127.